The van der Waals surface area contributed by atoms with Gasteiger partial charge in [-0.25, -0.2) is 0 Å². The second kappa shape index (κ2) is 13.5. The Bertz CT molecular complexity index is 2170. The molecule has 0 N–H and O–H groups in total. The van der Waals surface area contributed by atoms with Crippen LogP contribution in [0.1, 0.15) is 33.4 Å². The van der Waals surface area contributed by atoms with Gasteiger partial charge in [-0.15, -0.1) is 0 Å². The second-order valence-electron chi connectivity index (χ2n) is 12.0. The fourth-order valence-electron chi connectivity index (χ4n) is 7.04. The zero-order valence-electron chi connectivity index (χ0n) is 26.8. The smallest absolute Gasteiger partial charge is 0.506 e. The summed E-state index contributed by atoms with van der Waals surface area (Å²) < 4.78 is 12.2. The molecule has 2 aliphatic heterocycles. The first-order valence-electron chi connectivity index (χ1n) is 16.3. The van der Waals surface area contributed by atoms with Crippen LogP contribution in [0.25, 0.3) is 21.5 Å². The van der Waals surface area contributed by atoms with Crippen molar-refractivity contribution >= 4 is 67.0 Å². The van der Waals surface area contributed by atoms with Gasteiger partial charge in [-0.1, -0.05) is 191 Å². The summed E-state index contributed by atoms with van der Waals surface area (Å²) in [4.78, 5) is 0. The third kappa shape index (κ3) is 5.69. The van der Waals surface area contributed by atoms with Crippen molar-refractivity contribution in [1.29, 1.82) is 0 Å². The summed E-state index contributed by atoms with van der Waals surface area (Å²) in [5, 5.41) is 5.04. The minimum Gasteiger partial charge on any atom is -0.506 e. The molecule has 0 unspecified atom stereocenters. The number of rotatable bonds is 2. The maximum atomic E-state index is 6.12. The Labute approximate surface area is 323 Å². The molecular formula is C46H30O2Sr. The van der Waals surface area contributed by atoms with E-state index >= 15 is 0 Å². The van der Waals surface area contributed by atoms with Crippen LogP contribution in [0.4, 0.5) is 0 Å². The zero-order chi connectivity index (χ0) is 31.9. The van der Waals surface area contributed by atoms with Crippen LogP contribution in [0, 0.1) is 11.8 Å². The first kappa shape index (κ1) is 31.4. The van der Waals surface area contributed by atoms with E-state index in [2.05, 4.69) is 133 Å². The quantitative estimate of drug-likeness (QED) is 0.132. The summed E-state index contributed by atoms with van der Waals surface area (Å²) in [7, 11) is 0. The van der Waals surface area contributed by atoms with Crippen LogP contribution in [-0.4, -0.2) is 45.5 Å². The molecule has 228 valence electrons. The predicted octanol–water partition coefficient (Wildman–Crippen LogP) is 11.5. The number of hydrogen-bond donors (Lipinski definition) is 0. The van der Waals surface area contributed by atoms with Gasteiger partial charge in [0.15, 0.2) is 0 Å². The fraction of sp³-hybridized carbons (Fsp3) is 0. The van der Waals surface area contributed by atoms with Gasteiger partial charge in [0.25, 0.3) is 0 Å². The third-order valence-electron chi connectivity index (χ3n) is 9.18. The Morgan fingerprint density at radius 3 is 0.898 bits per heavy atom. The second-order valence-corrected chi connectivity index (χ2v) is 12.0. The summed E-state index contributed by atoms with van der Waals surface area (Å²) in [6.45, 7) is 0. The molecule has 10 rings (SSSR count). The Hall–Kier alpha value is -4.90. The Morgan fingerprint density at radius 1 is 0.265 bits per heavy atom. The maximum Gasteiger partial charge on any atom is 2.00 e. The molecule has 8 aromatic carbocycles. The largest absolute Gasteiger partial charge is 2.00 e. The molecule has 0 aromatic heterocycles. The van der Waals surface area contributed by atoms with Crippen LogP contribution >= 0.6 is 0 Å². The summed E-state index contributed by atoms with van der Waals surface area (Å²) in [5.74, 6) is 6.14. The average Bonchev–Trinajstić information content (AvgIpc) is 3.16. The molecule has 3 heteroatoms. The van der Waals surface area contributed by atoms with E-state index in [4.69, 9.17) is 9.47 Å². The number of fused-ring (bicyclic) bond motifs is 6. The van der Waals surface area contributed by atoms with Crippen LogP contribution < -0.4 is 9.47 Å². The molecular weight excluding hydrogens is 672 g/mol. The molecule has 0 spiro atoms. The molecule has 0 atom stereocenters. The molecule has 0 aliphatic carbocycles. The normalized spacial score (nSPS) is 12.2. The van der Waals surface area contributed by atoms with Gasteiger partial charge in [0, 0.05) is 0 Å². The molecule has 2 aliphatic rings. The van der Waals surface area contributed by atoms with Gasteiger partial charge in [0.1, 0.15) is 0 Å². The minimum atomic E-state index is 0. The SMILES string of the molecule is [Sr+2].c1ccc2c(c1)Oc1ccccc1[C-]2c1cccc2ccccc12.c1ccc2c(c1)Oc1ccccc1[C-]2c1cccc2ccccc12. The molecule has 8 aromatic rings. The first-order valence-corrected chi connectivity index (χ1v) is 16.3. The fourth-order valence-corrected chi connectivity index (χ4v) is 7.04. The van der Waals surface area contributed by atoms with E-state index in [1.165, 1.54) is 44.5 Å². The van der Waals surface area contributed by atoms with Crippen molar-refractivity contribution in [2.24, 2.45) is 0 Å². The van der Waals surface area contributed by atoms with Gasteiger partial charge in [0.05, 0.1) is 23.0 Å². The number of hydrogen-bond acceptors (Lipinski definition) is 2. The summed E-state index contributed by atoms with van der Waals surface area (Å²) >= 11 is 0. The predicted molar refractivity (Wildman–Crippen MR) is 201 cm³/mol. The van der Waals surface area contributed by atoms with E-state index in [1.54, 1.807) is 0 Å². The van der Waals surface area contributed by atoms with Crippen molar-refractivity contribution in [2.45, 2.75) is 0 Å². The Kier molecular flexibility index (Phi) is 8.67. The maximum absolute atomic E-state index is 6.12. The van der Waals surface area contributed by atoms with Crippen LogP contribution in [-0.2, 0) is 0 Å². The minimum absolute atomic E-state index is 0. The Morgan fingerprint density at radius 2 is 0.531 bits per heavy atom. The molecule has 0 bridgehead atoms. The average molecular weight is 702 g/mol. The van der Waals surface area contributed by atoms with Gasteiger partial charge in [0.2, 0.25) is 0 Å². The zero-order valence-corrected chi connectivity index (χ0v) is 30.3. The number of benzene rings is 8. The van der Waals surface area contributed by atoms with E-state index < -0.39 is 0 Å². The summed E-state index contributed by atoms with van der Waals surface area (Å²) in [6, 6.07) is 63.2. The molecule has 0 amide bonds. The van der Waals surface area contributed by atoms with Crippen molar-refractivity contribution in [2.75, 3.05) is 0 Å². The van der Waals surface area contributed by atoms with Gasteiger partial charge in [-0.2, -0.15) is 0 Å². The molecule has 2 nitrogen and oxygen atoms in total. The van der Waals surface area contributed by atoms with Crippen LogP contribution in [0.3, 0.4) is 0 Å². The molecule has 0 fully saturated rings. The van der Waals surface area contributed by atoms with Crippen LogP contribution in [0.15, 0.2) is 182 Å². The van der Waals surface area contributed by atoms with E-state index in [-0.39, 0.29) is 45.5 Å². The van der Waals surface area contributed by atoms with Crippen molar-refractivity contribution in [3.05, 3.63) is 227 Å². The van der Waals surface area contributed by atoms with E-state index in [1.807, 2.05) is 48.5 Å². The molecule has 0 saturated carbocycles. The third-order valence-corrected chi connectivity index (χ3v) is 9.18. The Balaban J connectivity index is 0.000000139. The number of para-hydroxylation sites is 4. The standard InChI is InChI=1S/2C23H15O.Sr/c2*1-2-10-17-16(8-1)9-7-13-18(17)23-19-11-3-5-14-21(19)24-22-15-6-4-12-20(22)23;/h2*1-15H;/q2*-1;+2. The topological polar surface area (TPSA) is 18.5 Å². The number of ether oxygens (including phenoxy) is 2. The van der Waals surface area contributed by atoms with Crippen molar-refractivity contribution in [1.82, 2.24) is 0 Å². The van der Waals surface area contributed by atoms with Gasteiger partial charge < -0.3 is 9.47 Å². The first-order chi connectivity index (χ1) is 23.8. The van der Waals surface area contributed by atoms with Gasteiger partial charge >= 0.3 is 45.5 Å². The van der Waals surface area contributed by atoms with Crippen LogP contribution in [0.5, 0.6) is 23.0 Å². The van der Waals surface area contributed by atoms with E-state index in [0.29, 0.717) is 0 Å². The summed E-state index contributed by atoms with van der Waals surface area (Å²) in [6.07, 6.45) is 0. The van der Waals surface area contributed by atoms with E-state index in [0.717, 1.165) is 45.3 Å². The molecule has 0 radical (unpaired) electrons. The van der Waals surface area contributed by atoms with Crippen molar-refractivity contribution in [3.63, 3.8) is 0 Å². The molecule has 49 heavy (non-hydrogen) atoms. The van der Waals surface area contributed by atoms with E-state index in [9.17, 15) is 0 Å². The molecule has 0 saturated heterocycles. The van der Waals surface area contributed by atoms with Gasteiger partial charge in [-0.3, -0.25) is 0 Å². The monoisotopic (exact) mass is 702 g/mol. The molecule has 2 heterocycles. The van der Waals surface area contributed by atoms with Crippen LogP contribution in [0.2, 0.25) is 0 Å². The van der Waals surface area contributed by atoms with Gasteiger partial charge in [-0.05, 0) is 57.3 Å². The van der Waals surface area contributed by atoms with Crippen molar-refractivity contribution in [3.8, 4) is 23.0 Å². The van der Waals surface area contributed by atoms with Crippen molar-refractivity contribution < 1.29 is 9.47 Å². The summed E-state index contributed by atoms with van der Waals surface area (Å²) in [5.41, 5.74) is 7.08.